The first kappa shape index (κ1) is 9.39. The van der Waals surface area contributed by atoms with Gasteiger partial charge < -0.3 is 15.3 Å². The van der Waals surface area contributed by atoms with Gasteiger partial charge in [0.15, 0.2) is 0 Å². The fourth-order valence-electron chi connectivity index (χ4n) is 0.513. The summed E-state index contributed by atoms with van der Waals surface area (Å²) in [7, 11) is 0. The molecule has 2 unspecified atom stereocenters. The molecule has 0 aliphatic rings. The van der Waals surface area contributed by atoms with Crippen molar-refractivity contribution in [3.63, 3.8) is 0 Å². The number of hydrogen-bond acceptors (Lipinski definition) is 3. The predicted octanol–water partition coefficient (Wildman–Crippen LogP) is -0.407. The van der Waals surface area contributed by atoms with Crippen molar-refractivity contribution in [3.8, 4) is 0 Å². The SMILES string of the molecule is CC(O)C(O)CCC(=O)O. The van der Waals surface area contributed by atoms with Gasteiger partial charge in [0.2, 0.25) is 0 Å². The number of aliphatic hydroxyl groups is 2. The van der Waals surface area contributed by atoms with Gasteiger partial charge in [-0.3, -0.25) is 4.79 Å². The van der Waals surface area contributed by atoms with Crippen LogP contribution in [0.15, 0.2) is 0 Å². The minimum absolute atomic E-state index is 0.104. The Kier molecular flexibility index (Phi) is 3.99. The zero-order valence-corrected chi connectivity index (χ0v) is 5.82. The van der Waals surface area contributed by atoms with Gasteiger partial charge in [0.25, 0.3) is 0 Å². The standard InChI is InChI=1S/C6H12O4/c1-4(7)5(8)2-3-6(9)10/h4-5,7-8H,2-3H2,1H3,(H,9,10). The Morgan fingerprint density at radius 3 is 2.30 bits per heavy atom. The Morgan fingerprint density at radius 1 is 1.50 bits per heavy atom. The molecule has 10 heavy (non-hydrogen) atoms. The summed E-state index contributed by atoms with van der Waals surface area (Å²) >= 11 is 0. The molecule has 0 aromatic rings. The van der Waals surface area contributed by atoms with Gasteiger partial charge in [-0.1, -0.05) is 0 Å². The minimum atomic E-state index is -0.959. The van der Waals surface area contributed by atoms with E-state index in [4.69, 9.17) is 15.3 Å². The smallest absolute Gasteiger partial charge is 0.303 e. The van der Waals surface area contributed by atoms with Crippen molar-refractivity contribution in [1.82, 2.24) is 0 Å². The van der Waals surface area contributed by atoms with E-state index in [2.05, 4.69) is 0 Å². The summed E-state index contributed by atoms with van der Waals surface area (Å²) in [5.74, 6) is -0.959. The molecule has 4 nitrogen and oxygen atoms in total. The van der Waals surface area contributed by atoms with E-state index >= 15 is 0 Å². The third-order valence-corrected chi connectivity index (χ3v) is 1.21. The van der Waals surface area contributed by atoms with E-state index in [9.17, 15) is 4.79 Å². The maximum Gasteiger partial charge on any atom is 0.303 e. The normalized spacial score (nSPS) is 16.3. The highest BCUT2D eigenvalue weighted by Gasteiger charge is 2.11. The van der Waals surface area contributed by atoms with Gasteiger partial charge in [-0.25, -0.2) is 0 Å². The van der Waals surface area contributed by atoms with E-state index in [1.165, 1.54) is 6.92 Å². The van der Waals surface area contributed by atoms with Crippen LogP contribution in [0, 0.1) is 0 Å². The molecule has 0 saturated heterocycles. The summed E-state index contributed by atoms with van der Waals surface area (Å²) in [5.41, 5.74) is 0. The molecular weight excluding hydrogens is 136 g/mol. The Balaban J connectivity index is 3.39. The van der Waals surface area contributed by atoms with Crippen molar-refractivity contribution in [2.75, 3.05) is 0 Å². The van der Waals surface area contributed by atoms with Crippen LogP contribution >= 0.6 is 0 Å². The van der Waals surface area contributed by atoms with Gasteiger partial charge in [-0.15, -0.1) is 0 Å². The lowest BCUT2D eigenvalue weighted by atomic mass is 10.1. The third-order valence-electron chi connectivity index (χ3n) is 1.21. The Bertz CT molecular complexity index is 110. The van der Waals surface area contributed by atoms with Crippen LogP contribution < -0.4 is 0 Å². The molecule has 4 heteroatoms. The lowest BCUT2D eigenvalue weighted by Crippen LogP contribution is -2.23. The Morgan fingerprint density at radius 2 is 2.00 bits per heavy atom. The zero-order valence-electron chi connectivity index (χ0n) is 5.82. The molecule has 0 aromatic heterocycles. The third kappa shape index (κ3) is 4.29. The number of carbonyl (C=O) groups is 1. The van der Waals surface area contributed by atoms with E-state index in [0.29, 0.717) is 0 Å². The van der Waals surface area contributed by atoms with Crippen LogP contribution in [0.25, 0.3) is 0 Å². The summed E-state index contributed by atoms with van der Waals surface area (Å²) in [6.07, 6.45) is -1.77. The quantitative estimate of drug-likeness (QED) is 0.506. The van der Waals surface area contributed by atoms with Gasteiger partial charge >= 0.3 is 5.97 Å². The molecule has 0 radical (unpaired) electrons. The summed E-state index contributed by atoms with van der Waals surface area (Å²) in [5, 5.41) is 25.7. The van der Waals surface area contributed by atoms with Gasteiger partial charge in [0.05, 0.1) is 12.2 Å². The molecule has 2 atom stereocenters. The van der Waals surface area contributed by atoms with Crippen LogP contribution in [-0.4, -0.2) is 33.5 Å². The first-order chi connectivity index (χ1) is 4.54. The molecule has 0 aliphatic carbocycles. The van der Waals surface area contributed by atoms with Crippen LogP contribution in [0.1, 0.15) is 19.8 Å². The van der Waals surface area contributed by atoms with Crippen molar-refractivity contribution >= 4 is 5.97 Å². The highest BCUT2D eigenvalue weighted by Crippen LogP contribution is 2.01. The largest absolute Gasteiger partial charge is 0.481 e. The van der Waals surface area contributed by atoms with Crippen molar-refractivity contribution in [3.05, 3.63) is 0 Å². The zero-order chi connectivity index (χ0) is 8.15. The lowest BCUT2D eigenvalue weighted by Gasteiger charge is -2.10. The highest BCUT2D eigenvalue weighted by molar-refractivity contribution is 5.66. The fraction of sp³-hybridized carbons (Fsp3) is 0.833. The van der Waals surface area contributed by atoms with E-state index < -0.39 is 18.2 Å². The monoisotopic (exact) mass is 148 g/mol. The average Bonchev–Trinajstić information content (AvgIpc) is 1.82. The van der Waals surface area contributed by atoms with Gasteiger partial charge in [0, 0.05) is 6.42 Å². The Hall–Kier alpha value is -0.610. The molecule has 0 aromatic carbocycles. The molecular formula is C6H12O4. The molecule has 0 saturated carbocycles. The molecule has 0 amide bonds. The van der Waals surface area contributed by atoms with Crippen molar-refractivity contribution in [2.45, 2.75) is 32.0 Å². The molecule has 0 heterocycles. The number of aliphatic carboxylic acids is 1. The van der Waals surface area contributed by atoms with E-state index in [-0.39, 0.29) is 12.8 Å². The number of rotatable bonds is 4. The molecule has 0 fully saturated rings. The van der Waals surface area contributed by atoms with Crippen molar-refractivity contribution in [1.29, 1.82) is 0 Å². The van der Waals surface area contributed by atoms with Crippen LogP contribution in [0.2, 0.25) is 0 Å². The molecule has 60 valence electrons. The first-order valence-electron chi connectivity index (χ1n) is 3.12. The van der Waals surface area contributed by atoms with E-state index in [1.807, 2.05) is 0 Å². The molecule has 0 bridgehead atoms. The molecule has 0 rings (SSSR count). The maximum absolute atomic E-state index is 9.93. The van der Waals surface area contributed by atoms with E-state index in [1.54, 1.807) is 0 Å². The number of hydrogen-bond donors (Lipinski definition) is 3. The van der Waals surface area contributed by atoms with E-state index in [0.717, 1.165) is 0 Å². The summed E-state index contributed by atoms with van der Waals surface area (Å²) in [4.78, 5) is 9.93. The van der Waals surface area contributed by atoms with Gasteiger partial charge in [-0.2, -0.15) is 0 Å². The summed E-state index contributed by atoms with van der Waals surface area (Å²) < 4.78 is 0. The lowest BCUT2D eigenvalue weighted by molar-refractivity contribution is -0.137. The molecule has 0 spiro atoms. The van der Waals surface area contributed by atoms with Crippen LogP contribution in [0.4, 0.5) is 0 Å². The molecule has 3 N–H and O–H groups in total. The van der Waals surface area contributed by atoms with Crippen LogP contribution in [0.5, 0.6) is 0 Å². The Labute approximate surface area is 59.1 Å². The summed E-state index contributed by atoms with van der Waals surface area (Å²) in [6, 6.07) is 0. The average molecular weight is 148 g/mol. The van der Waals surface area contributed by atoms with Gasteiger partial charge in [0.1, 0.15) is 0 Å². The number of carboxylic acid groups (broad SMARTS) is 1. The molecule has 0 aliphatic heterocycles. The highest BCUT2D eigenvalue weighted by atomic mass is 16.4. The number of aliphatic hydroxyl groups excluding tert-OH is 2. The van der Waals surface area contributed by atoms with Crippen molar-refractivity contribution < 1.29 is 20.1 Å². The van der Waals surface area contributed by atoms with Crippen LogP contribution in [-0.2, 0) is 4.79 Å². The maximum atomic E-state index is 9.93. The minimum Gasteiger partial charge on any atom is -0.481 e. The fourth-order valence-corrected chi connectivity index (χ4v) is 0.513. The second-order valence-corrected chi connectivity index (χ2v) is 2.24. The second kappa shape index (κ2) is 4.24. The first-order valence-corrected chi connectivity index (χ1v) is 3.12. The topological polar surface area (TPSA) is 77.8 Å². The predicted molar refractivity (Wildman–Crippen MR) is 34.6 cm³/mol. The summed E-state index contributed by atoms with van der Waals surface area (Å²) in [6.45, 7) is 1.42. The number of carboxylic acids is 1. The van der Waals surface area contributed by atoms with Gasteiger partial charge in [-0.05, 0) is 13.3 Å². The second-order valence-electron chi connectivity index (χ2n) is 2.24. The van der Waals surface area contributed by atoms with Crippen LogP contribution in [0.3, 0.4) is 0 Å². The van der Waals surface area contributed by atoms with Crippen molar-refractivity contribution in [2.24, 2.45) is 0 Å².